The van der Waals surface area contributed by atoms with Crippen LogP contribution in [-0.4, -0.2) is 18.9 Å². The summed E-state index contributed by atoms with van der Waals surface area (Å²) in [6, 6.07) is 0. The lowest BCUT2D eigenvalue weighted by Gasteiger charge is -1.66. The molecule has 0 saturated heterocycles. The molecule has 88 valence electrons. The summed E-state index contributed by atoms with van der Waals surface area (Å²) in [6.07, 6.45) is 6.58. The minimum Gasteiger partial charge on any atom is -0.290 e. The van der Waals surface area contributed by atoms with E-state index >= 15 is 0 Å². The van der Waals surface area contributed by atoms with E-state index in [0.29, 0.717) is 0 Å². The molecular formula is C12H29NS. The number of rotatable bonds is 1. The quantitative estimate of drug-likeness (QED) is 0.353. The molecule has 0 radical (unpaired) electrons. The van der Waals surface area contributed by atoms with Crippen molar-refractivity contribution in [2.45, 2.75) is 48.5 Å². The van der Waals surface area contributed by atoms with Gasteiger partial charge in [-0.1, -0.05) is 41.5 Å². The van der Waals surface area contributed by atoms with E-state index in [1.807, 2.05) is 47.8 Å². The molecule has 0 N–H and O–H groups in total. The van der Waals surface area contributed by atoms with Crippen molar-refractivity contribution in [1.29, 1.82) is 0 Å². The molecule has 0 rings (SSSR count). The monoisotopic (exact) mass is 219 g/mol. The zero-order valence-corrected chi connectivity index (χ0v) is 12.3. The molecule has 0 aromatic heterocycles. The molecule has 0 unspecified atom stereocenters. The molecular weight excluding hydrogens is 190 g/mol. The van der Waals surface area contributed by atoms with Gasteiger partial charge in [0.2, 0.25) is 0 Å². The Kier molecular flexibility index (Phi) is 274. The Hall–Kier alpha value is -0.420. The van der Waals surface area contributed by atoms with Gasteiger partial charge in [-0.2, -0.15) is 0 Å². The summed E-state index contributed by atoms with van der Waals surface area (Å²) in [5.41, 5.74) is 1.79. The normalized spacial score (nSPS) is 5.43. The first-order chi connectivity index (χ1) is 6.83. The highest BCUT2D eigenvalue weighted by molar-refractivity contribution is 8.11. The molecule has 1 nitrogen and oxygen atoms in total. The zero-order chi connectivity index (χ0) is 12.8. The van der Waals surface area contributed by atoms with E-state index in [1.165, 1.54) is 0 Å². The molecule has 0 aliphatic carbocycles. The van der Waals surface area contributed by atoms with Crippen LogP contribution < -0.4 is 0 Å². The van der Waals surface area contributed by atoms with Gasteiger partial charge in [0.1, 0.15) is 0 Å². The van der Waals surface area contributed by atoms with Crippen molar-refractivity contribution in [3.63, 3.8) is 0 Å². The van der Waals surface area contributed by atoms with Gasteiger partial charge in [-0.3, -0.25) is 4.99 Å². The zero-order valence-electron chi connectivity index (χ0n) is 11.5. The second-order valence-electron chi connectivity index (χ2n) is 0.888. The van der Waals surface area contributed by atoms with Crippen molar-refractivity contribution in [2.75, 3.05) is 13.3 Å². The lowest BCUT2D eigenvalue weighted by Crippen LogP contribution is -1.52. The Bertz CT molecular complexity index is 82.8. The SMILES string of the molecule is C#CC.CC.CC.CC.CN=CSC. The second-order valence-corrected chi connectivity index (χ2v) is 1.57. The van der Waals surface area contributed by atoms with Crippen molar-refractivity contribution in [2.24, 2.45) is 4.99 Å². The summed E-state index contributed by atoms with van der Waals surface area (Å²) >= 11 is 1.61. The van der Waals surface area contributed by atoms with Gasteiger partial charge in [-0.25, -0.2) is 0 Å². The minimum absolute atomic E-state index is 1.61. The van der Waals surface area contributed by atoms with E-state index in [0.717, 1.165) is 0 Å². The minimum atomic E-state index is 1.61. The summed E-state index contributed by atoms with van der Waals surface area (Å²) in [7, 11) is 1.76. The summed E-state index contributed by atoms with van der Waals surface area (Å²) in [5, 5.41) is 0. The van der Waals surface area contributed by atoms with Crippen LogP contribution in [0.3, 0.4) is 0 Å². The summed E-state index contributed by atoms with van der Waals surface area (Å²) in [4.78, 5) is 3.69. The highest BCUT2D eigenvalue weighted by Crippen LogP contribution is 1.78. The topological polar surface area (TPSA) is 12.4 Å². The van der Waals surface area contributed by atoms with Crippen molar-refractivity contribution in [3.05, 3.63) is 0 Å². The predicted octanol–water partition coefficient (Wildman–Crippen LogP) is 4.73. The maximum atomic E-state index is 4.60. The van der Waals surface area contributed by atoms with Gasteiger partial charge in [0.15, 0.2) is 0 Å². The van der Waals surface area contributed by atoms with Gasteiger partial charge in [0.05, 0.1) is 5.55 Å². The van der Waals surface area contributed by atoms with Gasteiger partial charge in [-0.05, 0) is 13.2 Å². The van der Waals surface area contributed by atoms with Gasteiger partial charge < -0.3 is 0 Å². The third kappa shape index (κ3) is 519. The molecule has 14 heavy (non-hydrogen) atoms. The Balaban J connectivity index is -0.0000000263. The van der Waals surface area contributed by atoms with Crippen LogP contribution in [0.15, 0.2) is 4.99 Å². The van der Waals surface area contributed by atoms with Crippen molar-refractivity contribution < 1.29 is 0 Å². The largest absolute Gasteiger partial charge is 0.290 e. The molecule has 0 aliphatic rings. The Morgan fingerprint density at radius 2 is 1.29 bits per heavy atom. The molecule has 0 amide bonds. The van der Waals surface area contributed by atoms with Gasteiger partial charge >= 0.3 is 0 Å². The van der Waals surface area contributed by atoms with E-state index in [-0.39, 0.29) is 0 Å². The Morgan fingerprint density at radius 3 is 1.29 bits per heavy atom. The Morgan fingerprint density at radius 1 is 1.07 bits per heavy atom. The summed E-state index contributed by atoms with van der Waals surface area (Å²) in [5.74, 6) is 2.25. The maximum absolute atomic E-state index is 4.60. The van der Waals surface area contributed by atoms with E-state index in [2.05, 4.69) is 17.3 Å². The smallest absolute Gasteiger partial charge is 0.0534 e. The standard InChI is InChI=1S/C3H7NS.C3H4.3C2H6/c1-4-3-5-2;1-3-2;3*1-2/h3H,1-2H3;1H,2H3;3*1-2H3. The van der Waals surface area contributed by atoms with Crippen LogP contribution in [0.1, 0.15) is 48.5 Å². The van der Waals surface area contributed by atoms with E-state index < -0.39 is 0 Å². The predicted molar refractivity (Wildman–Crippen MR) is 76.5 cm³/mol. The first kappa shape index (κ1) is 29.2. The molecule has 2 heteroatoms. The molecule has 0 atom stereocenters. The molecule has 0 aromatic carbocycles. The lowest BCUT2D eigenvalue weighted by atomic mass is 10.9. The fourth-order valence-electron chi connectivity index (χ4n) is 0.105. The summed E-state index contributed by atoms with van der Waals surface area (Å²) < 4.78 is 0. The molecule has 0 spiro atoms. The van der Waals surface area contributed by atoms with Crippen molar-refractivity contribution >= 4 is 17.3 Å². The van der Waals surface area contributed by atoms with E-state index in [1.54, 1.807) is 31.3 Å². The molecule has 0 heterocycles. The molecule has 0 aromatic rings. The lowest BCUT2D eigenvalue weighted by molar-refractivity contribution is 1.49. The van der Waals surface area contributed by atoms with Gasteiger partial charge in [0.25, 0.3) is 0 Å². The van der Waals surface area contributed by atoms with E-state index in [4.69, 9.17) is 0 Å². The average molecular weight is 219 g/mol. The number of thioether (sulfide) groups is 1. The van der Waals surface area contributed by atoms with Crippen molar-refractivity contribution in [1.82, 2.24) is 0 Å². The van der Waals surface area contributed by atoms with Gasteiger partial charge in [0, 0.05) is 7.05 Å². The molecule has 0 saturated carbocycles. The fraction of sp³-hybridized carbons (Fsp3) is 0.750. The van der Waals surface area contributed by atoms with Gasteiger partial charge in [-0.15, -0.1) is 24.1 Å². The van der Waals surface area contributed by atoms with Crippen LogP contribution >= 0.6 is 11.8 Å². The van der Waals surface area contributed by atoms with Crippen LogP contribution in [0.25, 0.3) is 0 Å². The fourth-order valence-corrected chi connectivity index (χ4v) is 0.316. The first-order valence-corrected chi connectivity index (χ1v) is 6.43. The third-order valence-corrected chi connectivity index (χ3v) is 0.632. The van der Waals surface area contributed by atoms with Crippen molar-refractivity contribution in [3.8, 4) is 12.3 Å². The highest BCUT2D eigenvalue weighted by Gasteiger charge is 1.52. The molecule has 0 bridgehead atoms. The van der Waals surface area contributed by atoms with Crippen LogP contribution in [0.4, 0.5) is 0 Å². The summed E-state index contributed by atoms with van der Waals surface area (Å²) in [6.45, 7) is 13.7. The first-order valence-electron chi connectivity index (χ1n) is 5.14. The van der Waals surface area contributed by atoms with E-state index in [9.17, 15) is 0 Å². The van der Waals surface area contributed by atoms with Crippen LogP contribution in [0.2, 0.25) is 0 Å². The highest BCUT2D eigenvalue weighted by atomic mass is 32.2. The number of hydrogen-bond acceptors (Lipinski definition) is 2. The molecule has 0 aliphatic heterocycles. The third-order valence-electron chi connectivity index (χ3n) is 0.211. The second kappa shape index (κ2) is 132. The van der Waals surface area contributed by atoms with Crippen LogP contribution in [-0.2, 0) is 0 Å². The average Bonchev–Trinajstić information content (AvgIpc) is 2.29. The maximum Gasteiger partial charge on any atom is 0.0534 e. The number of terminal acetylenes is 1. The Labute approximate surface area is 96.8 Å². The number of nitrogens with zero attached hydrogens (tertiary/aromatic N) is 1. The van der Waals surface area contributed by atoms with Crippen LogP contribution in [0, 0.1) is 12.3 Å². The number of aliphatic imine (C=N–C) groups is 1. The molecule has 0 fully saturated rings. The number of hydrogen-bond donors (Lipinski definition) is 0. The van der Waals surface area contributed by atoms with Crippen LogP contribution in [0.5, 0.6) is 0 Å².